The van der Waals surface area contributed by atoms with E-state index in [1.54, 1.807) is 0 Å². The van der Waals surface area contributed by atoms with Crippen LogP contribution in [0.2, 0.25) is 0 Å². The normalized spacial score (nSPS) is 12.2. The van der Waals surface area contributed by atoms with Gasteiger partial charge >= 0.3 is 26.2 Å². The molecule has 0 fully saturated rings. The molecule has 0 spiro atoms. The number of halogens is 2. The van der Waals surface area contributed by atoms with E-state index in [4.69, 9.17) is 0 Å². The fraction of sp³-hybridized carbons (Fsp3) is 0.237. The zero-order valence-corrected chi connectivity index (χ0v) is 28.2. The molecule has 0 aliphatic heterocycles. The SMILES string of the molecule is Cc1cc2c(cc1Cc1ccccc1)-c1ccc(CC(C)C(C)Cc3ccccc3)[c-]c1C2.[Cl-].[Cl-].[Zr+4].c1cc[cH-]c1. The summed E-state index contributed by atoms with van der Waals surface area (Å²) in [5.74, 6) is 1.28. The van der Waals surface area contributed by atoms with Gasteiger partial charge in [0, 0.05) is 0 Å². The molecule has 0 amide bonds. The Kier molecular flexibility index (Phi) is 14.4. The van der Waals surface area contributed by atoms with Crippen LogP contribution in [-0.2, 0) is 51.9 Å². The molecule has 41 heavy (non-hydrogen) atoms. The van der Waals surface area contributed by atoms with E-state index >= 15 is 0 Å². The van der Waals surface area contributed by atoms with Crippen LogP contribution in [0.1, 0.15) is 52.8 Å². The predicted octanol–water partition coefficient (Wildman–Crippen LogP) is 3.43. The van der Waals surface area contributed by atoms with E-state index in [1.165, 1.54) is 50.1 Å². The third-order valence-corrected chi connectivity index (χ3v) is 8.01. The van der Waals surface area contributed by atoms with Crippen molar-refractivity contribution >= 4 is 0 Å². The molecule has 208 valence electrons. The molecule has 1 aliphatic carbocycles. The van der Waals surface area contributed by atoms with E-state index in [9.17, 15) is 0 Å². The number of fused-ring (bicyclic) bond motifs is 3. The second kappa shape index (κ2) is 17.0. The van der Waals surface area contributed by atoms with E-state index < -0.39 is 0 Å². The third kappa shape index (κ3) is 9.34. The summed E-state index contributed by atoms with van der Waals surface area (Å²) < 4.78 is 0. The standard InChI is InChI=1S/C33H33.C5H5.2ClH.Zr/c1-23(16-26-10-6-4-7-11-26)24(2)17-28-14-15-32-31(20-28)21-30-18-25(3)29(22-33(30)32)19-27-12-8-5-9-13-27;1-2-4-5-3-1;;;/h4-15,18,22-24H,16-17,19,21H2,1-3H3;1-5H;2*1H;/q2*-1;;;+4/p-2. The van der Waals surface area contributed by atoms with Gasteiger partial charge in [-0.3, -0.25) is 0 Å². The van der Waals surface area contributed by atoms with Crippen LogP contribution in [0.5, 0.6) is 0 Å². The second-order valence-electron chi connectivity index (χ2n) is 11.0. The molecule has 5 aromatic rings. The zero-order chi connectivity index (χ0) is 26.3. The average molecular weight is 657 g/mol. The quantitative estimate of drug-likeness (QED) is 0.231. The van der Waals surface area contributed by atoms with Gasteiger partial charge in [-0.15, -0.1) is 11.1 Å². The van der Waals surface area contributed by atoms with E-state index in [0.29, 0.717) is 11.8 Å². The van der Waals surface area contributed by atoms with Crippen molar-refractivity contribution in [2.75, 3.05) is 0 Å². The van der Waals surface area contributed by atoms with Crippen molar-refractivity contribution in [1.82, 2.24) is 0 Å². The Morgan fingerprint density at radius 1 is 0.707 bits per heavy atom. The maximum atomic E-state index is 3.81. The third-order valence-electron chi connectivity index (χ3n) is 8.01. The first-order valence-corrected chi connectivity index (χ1v) is 14.0. The molecule has 0 aromatic heterocycles. The fourth-order valence-corrected chi connectivity index (χ4v) is 5.56. The molecular weight excluding hydrogens is 619 g/mol. The molecule has 2 unspecified atom stereocenters. The van der Waals surface area contributed by atoms with Crippen molar-refractivity contribution < 1.29 is 51.0 Å². The Morgan fingerprint density at radius 2 is 1.32 bits per heavy atom. The molecule has 0 bridgehead atoms. The summed E-state index contributed by atoms with van der Waals surface area (Å²) in [6, 6.07) is 45.0. The Hall–Kier alpha value is -2.31. The van der Waals surface area contributed by atoms with Gasteiger partial charge in [-0.05, 0) is 72.3 Å². The van der Waals surface area contributed by atoms with Gasteiger partial charge < -0.3 is 24.8 Å². The largest absolute Gasteiger partial charge is 4.00 e. The van der Waals surface area contributed by atoms with Crippen LogP contribution >= 0.6 is 0 Å². The summed E-state index contributed by atoms with van der Waals surface area (Å²) in [7, 11) is 0. The number of aryl methyl sites for hydroxylation is 1. The van der Waals surface area contributed by atoms with Gasteiger partial charge in [0.1, 0.15) is 0 Å². The van der Waals surface area contributed by atoms with Crippen molar-refractivity contribution in [3.8, 4) is 11.1 Å². The van der Waals surface area contributed by atoms with Crippen LogP contribution in [0.3, 0.4) is 0 Å². The molecule has 2 atom stereocenters. The molecular formula is C38H38Cl2Zr. The van der Waals surface area contributed by atoms with Crippen LogP contribution in [-0.4, -0.2) is 0 Å². The summed E-state index contributed by atoms with van der Waals surface area (Å²) in [6.07, 6.45) is 4.24. The van der Waals surface area contributed by atoms with Crippen LogP contribution < -0.4 is 24.8 Å². The summed E-state index contributed by atoms with van der Waals surface area (Å²) in [5, 5.41) is 0. The van der Waals surface area contributed by atoms with Crippen molar-refractivity contribution in [2.24, 2.45) is 11.8 Å². The summed E-state index contributed by atoms with van der Waals surface area (Å²) in [5.41, 5.74) is 12.6. The minimum atomic E-state index is 0. The van der Waals surface area contributed by atoms with Crippen molar-refractivity contribution in [1.29, 1.82) is 0 Å². The molecule has 0 heterocycles. The zero-order valence-electron chi connectivity index (χ0n) is 24.2. The Morgan fingerprint density at radius 3 is 1.93 bits per heavy atom. The Bertz CT molecular complexity index is 1430. The number of hydrogen-bond acceptors (Lipinski definition) is 0. The summed E-state index contributed by atoms with van der Waals surface area (Å²) in [4.78, 5) is 0. The van der Waals surface area contributed by atoms with E-state index in [2.05, 4.69) is 112 Å². The summed E-state index contributed by atoms with van der Waals surface area (Å²) >= 11 is 0. The van der Waals surface area contributed by atoms with Gasteiger partial charge in [0.2, 0.25) is 0 Å². The Balaban J connectivity index is 0.000000667. The second-order valence-corrected chi connectivity index (χ2v) is 11.0. The molecule has 0 saturated carbocycles. The van der Waals surface area contributed by atoms with E-state index in [1.807, 2.05) is 30.3 Å². The number of benzene rings is 4. The molecule has 5 aromatic carbocycles. The first-order chi connectivity index (χ1) is 18.6. The molecule has 3 heteroatoms. The van der Waals surface area contributed by atoms with Gasteiger partial charge in [0.05, 0.1) is 0 Å². The molecule has 1 aliphatic rings. The molecule has 0 radical (unpaired) electrons. The monoisotopic (exact) mass is 654 g/mol. The van der Waals surface area contributed by atoms with Crippen LogP contribution in [0, 0.1) is 24.8 Å². The fourth-order valence-electron chi connectivity index (χ4n) is 5.56. The number of rotatable bonds is 7. The molecule has 0 nitrogen and oxygen atoms in total. The average Bonchev–Trinajstić information content (AvgIpc) is 3.62. The van der Waals surface area contributed by atoms with Crippen molar-refractivity contribution in [3.05, 3.63) is 160 Å². The molecule has 0 saturated heterocycles. The minimum absolute atomic E-state index is 0. The first-order valence-electron chi connectivity index (χ1n) is 14.0. The predicted molar refractivity (Wildman–Crippen MR) is 162 cm³/mol. The Labute approximate surface area is 278 Å². The van der Waals surface area contributed by atoms with Crippen molar-refractivity contribution in [3.63, 3.8) is 0 Å². The molecule has 6 rings (SSSR count). The topological polar surface area (TPSA) is 0 Å². The molecule has 0 N–H and O–H groups in total. The first kappa shape index (κ1) is 34.9. The van der Waals surface area contributed by atoms with Crippen LogP contribution in [0.25, 0.3) is 11.1 Å². The van der Waals surface area contributed by atoms with E-state index in [-0.39, 0.29) is 51.0 Å². The van der Waals surface area contributed by atoms with Gasteiger partial charge in [-0.25, -0.2) is 12.1 Å². The van der Waals surface area contributed by atoms with E-state index in [0.717, 1.165) is 25.7 Å². The van der Waals surface area contributed by atoms with Crippen molar-refractivity contribution in [2.45, 2.75) is 46.5 Å². The maximum absolute atomic E-state index is 3.81. The van der Waals surface area contributed by atoms with Gasteiger partial charge in [-0.2, -0.15) is 42.0 Å². The van der Waals surface area contributed by atoms with Gasteiger partial charge in [-0.1, -0.05) is 92.2 Å². The van der Waals surface area contributed by atoms with Gasteiger partial charge in [0.15, 0.2) is 0 Å². The summed E-state index contributed by atoms with van der Waals surface area (Å²) in [6.45, 7) is 7.03. The smallest absolute Gasteiger partial charge is 1.00 e. The minimum Gasteiger partial charge on any atom is -1.00 e. The van der Waals surface area contributed by atoms with Gasteiger partial charge in [0.25, 0.3) is 0 Å². The van der Waals surface area contributed by atoms with Crippen LogP contribution in [0.15, 0.2) is 115 Å². The maximum Gasteiger partial charge on any atom is 4.00 e. The van der Waals surface area contributed by atoms with Crippen LogP contribution in [0.4, 0.5) is 0 Å². The number of hydrogen-bond donors (Lipinski definition) is 0.